The fourth-order valence-electron chi connectivity index (χ4n) is 4.11. The maximum Gasteiger partial charge on any atom is 0.0603 e. The molecule has 0 unspecified atom stereocenters. The quantitative estimate of drug-likeness (QED) is 0.704. The van der Waals surface area contributed by atoms with E-state index in [2.05, 4.69) is 28.7 Å². The monoisotopic (exact) mass is 350 g/mol. The second kappa shape index (κ2) is 11.9. The molecule has 3 fully saturated rings. The van der Waals surface area contributed by atoms with Crippen molar-refractivity contribution in [3.8, 4) is 11.8 Å². The van der Waals surface area contributed by atoms with E-state index in [9.17, 15) is 0 Å². The van der Waals surface area contributed by atoms with Crippen LogP contribution in [0.5, 0.6) is 0 Å². The molecule has 2 heterocycles. The van der Waals surface area contributed by atoms with Crippen LogP contribution in [-0.2, 0) is 4.74 Å². The van der Waals surface area contributed by atoms with Crippen molar-refractivity contribution in [2.24, 2.45) is 11.8 Å². The summed E-state index contributed by atoms with van der Waals surface area (Å²) in [5.41, 5.74) is 0. The maximum atomic E-state index is 6.26. The molecule has 3 heteroatoms. The molecule has 0 spiro atoms. The van der Waals surface area contributed by atoms with Gasteiger partial charge in [0.25, 0.3) is 0 Å². The van der Waals surface area contributed by atoms with Gasteiger partial charge in [-0.2, -0.15) is 0 Å². The second-order valence-electron chi connectivity index (χ2n) is 7.57. The minimum absolute atomic E-state index is 0. The zero-order chi connectivity index (χ0) is 17.4. The van der Waals surface area contributed by atoms with Gasteiger partial charge in [0.05, 0.1) is 12.2 Å². The predicted molar refractivity (Wildman–Crippen MR) is 109 cm³/mol. The molecule has 0 N–H and O–H groups in total. The molecule has 3 nitrogen and oxygen atoms in total. The number of piperidine rings is 2. The van der Waals surface area contributed by atoms with E-state index in [1.807, 2.05) is 20.8 Å². The molecule has 0 atom stereocenters. The molecule has 25 heavy (non-hydrogen) atoms. The van der Waals surface area contributed by atoms with Crippen LogP contribution in [0.4, 0.5) is 0 Å². The normalized spacial score (nSPS) is 28.6. The van der Waals surface area contributed by atoms with Crippen molar-refractivity contribution >= 4 is 0 Å². The molecule has 0 bridgehead atoms. The van der Waals surface area contributed by atoms with Crippen LogP contribution in [0, 0.1) is 23.7 Å². The van der Waals surface area contributed by atoms with E-state index >= 15 is 0 Å². The van der Waals surface area contributed by atoms with Crippen molar-refractivity contribution in [1.29, 1.82) is 0 Å². The molecule has 0 aromatic carbocycles. The summed E-state index contributed by atoms with van der Waals surface area (Å²) >= 11 is 0. The Labute approximate surface area is 157 Å². The van der Waals surface area contributed by atoms with E-state index in [0.717, 1.165) is 18.8 Å². The third kappa shape index (κ3) is 7.29. The van der Waals surface area contributed by atoms with Gasteiger partial charge in [-0.3, -0.25) is 0 Å². The molecule has 0 amide bonds. The standard InChI is InChI=1S/C19H32N2O.C2H6.CH4/c1-3-4-17-13-19(14-17)22-18-7-11-21(12-8-18)15-16-5-9-20(2)10-6-16;1-2;/h16-19H,5-15H2,1-2H3;1-2H3;1H4. The first-order valence-corrected chi connectivity index (χ1v) is 10.2. The Morgan fingerprint density at radius 1 is 0.920 bits per heavy atom. The zero-order valence-electron chi connectivity index (χ0n) is 16.4. The summed E-state index contributed by atoms with van der Waals surface area (Å²) in [7, 11) is 2.25. The van der Waals surface area contributed by atoms with E-state index in [1.54, 1.807) is 0 Å². The van der Waals surface area contributed by atoms with Crippen LogP contribution in [-0.4, -0.2) is 61.8 Å². The summed E-state index contributed by atoms with van der Waals surface area (Å²) in [6.45, 7) is 12.3. The number of likely N-dealkylation sites (tertiary alicyclic amines) is 2. The van der Waals surface area contributed by atoms with Gasteiger partial charge in [0, 0.05) is 25.6 Å². The topological polar surface area (TPSA) is 15.7 Å². The largest absolute Gasteiger partial charge is 0.375 e. The first kappa shape index (κ1) is 22.5. The van der Waals surface area contributed by atoms with Gasteiger partial charge in [-0.1, -0.05) is 21.3 Å². The first-order valence-electron chi connectivity index (χ1n) is 10.2. The smallest absolute Gasteiger partial charge is 0.0603 e. The van der Waals surface area contributed by atoms with Crippen LogP contribution in [0.1, 0.15) is 66.7 Å². The third-order valence-electron chi connectivity index (χ3n) is 5.72. The SMILES string of the molecule is C.CC.CC#CC1CC(OC2CCN(CC3CCN(C)CC3)CC2)C1. The molecule has 1 aliphatic carbocycles. The fourth-order valence-corrected chi connectivity index (χ4v) is 4.11. The fraction of sp³-hybridized carbons (Fsp3) is 0.909. The molecule has 2 aliphatic heterocycles. The average molecular weight is 351 g/mol. The molecule has 146 valence electrons. The number of hydrogen-bond donors (Lipinski definition) is 0. The lowest BCUT2D eigenvalue weighted by atomic mass is 9.82. The van der Waals surface area contributed by atoms with Gasteiger partial charge in [-0.05, 0) is 71.5 Å². The highest BCUT2D eigenvalue weighted by Crippen LogP contribution is 2.32. The minimum Gasteiger partial charge on any atom is -0.375 e. The molecule has 3 rings (SSSR count). The van der Waals surface area contributed by atoms with Crippen molar-refractivity contribution in [1.82, 2.24) is 9.80 Å². The number of rotatable bonds is 4. The van der Waals surface area contributed by atoms with Crippen molar-refractivity contribution in [3.63, 3.8) is 0 Å². The van der Waals surface area contributed by atoms with Gasteiger partial charge < -0.3 is 14.5 Å². The van der Waals surface area contributed by atoms with E-state index in [-0.39, 0.29) is 7.43 Å². The molecular formula is C22H42N2O. The molecule has 0 radical (unpaired) electrons. The van der Waals surface area contributed by atoms with Crippen LogP contribution in [0.15, 0.2) is 0 Å². The van der Waals surface area contributed by atoms with E-state index < -0.39 is 0 Å². The molecule has 0 aromatic heterocycles. The average Bonchev–Trinajstić information content (AvgIpc) is 2.58. The van der Waals surface area contributed by atoms with Gasteiger partial charge in [0.1, 0.15) is 0 Å². The van der Waals surface area contributed by atoms with Gasteiger partial charge in [0.15, 0.2) is 0 Å². The molecule has 1 saturated carbocycles. The highest BCUT2D eigenvalue weighted by atomic mass is 16.5. The number of nitrogens with zero attached hydrogens (tertiary/aromatic N) is 2. The minimum atomic E-state index is 0. The highest BCUT2D eigenvalue weighted by molar-refractivity contribution is 5.06. The van der Waals surface area contributed by atoms with E-state index in [4.69, 9.17) is 4.74 Å². The summed E-state index contributed by atoms with van der Waals surface area (Å²) in [4.78, 5) is 5.15. The lowest BCUT2D eigenvalue weighted by Crippen LogP contribution is -2.44. The van der Waals surface area contributed by atoms with Crippen LogP contribution in [0.3, 0.4) is 0 Å². The van der Waals surface area contributed by atoms with Crippen molar-refractivity contribution in [2.45, 2.75) is 78.9 Å². The van der Waals surface area contributed by atoms with Crippen molar-refractivity contribution < 1.29 is 4.74 Å². The summed E-state index contributed by atoms with van der Waals surface area (Å²) in [6, 6.07) is 0. The molecular weight excluding hydrogens is 308 g/mol. The second-order valence-corrected chi connectivity index (χ2v) is 7.57. The molecule has 0 aromatic rings. The number of hydrogen-bond acceptors (Lipinski definition) is 3. The lowest BCUT2D eigenvalue weighted by Gasteiger charge is -2.40. The van der Waals surface area contributed by atoms with Crippen LogP contribution >= 0.6 is 0 Å². The Balaban J connectivity index is 0.00000101. The van der Waals surface area contributed by atoms with Crippen LogP contribution in [0.25, 0.3) is 0 Å². The van der Waals surface area contributed by atoms with Crippen LogP contribution in [0.2, 0.25) is 0 Å². The third-order valence-corrected chi connectivity index (χ3v) is 5.72. The van der Waals surface area contributed by atoms with Gasteiger partial charge in [-0.25, -0.2) is 0 Å². The first-order chi connectivity index (χ1) is 11.7. The van der Waals surface area contributed by atoms with Crippen molar-refractivity contribution in [2.75, 3.05) is 39.8 Å². The highest BCUT2D eigenvalue weighted by Gasteiger charge is 2.32. The summed E-state index contributed by atoms with van der Waals surface area (Å²) in [6.07, 6.45) is 8.56. The van der Waals surface area contributed by atoms with Crippen LogP contribution < -0.4 is 0 Å². The van der Waals surface area contributed by atoms with Crippen molar-refractivity contribution in [3.05, 3.63) is 0 Å². The Morgan fingerprint density at radius 3 is 2.08 bits per heavy atom. The maximum absolute atomic E-state index is 6.26. The Hall–Kier alpha value is -0.560. The zero-order valence-corrected chi connectivity index (χ0v) is 16.4. The summed E-state index contributed by atoms with van der Waals surface area (Å²) in [5, 5.41) is 0. The summed E-state index contributed by atoms with van der Waals surface area (Å²) < 4.78 is 6.26. The summed E-state index contributed by atoms with van der Waals surface area (Å²) in [5.74, 6) is 7.82. The number of ether oxygens (including phenoxy) is 1. The van der Waals surface area contributed by atoms with Gasteiger partial charge in [0.2, 0.25) is 0 Å². The molecule has 3 aliphatic rings. The Kier molecular flexibility index (Phi) is 10.7. The molecule has 2 saturated heterocycles. The predicted octanol–water partition coefficient (Wildman–Crippen LogP) is 4.27. The Morgan fingerprint density at radius 2 is 1.52 bits per heavy atom. The lowest BCUT2D eigenvalue weighted by molar-refractivity contribution is -0.0858. The Bertz CT molecular complexity index is 392. The van der Waals surface area contributed by atoms with Gasteiger partial charge in [-0.15, -0.1) is 11.8 Å². The van der Waals surface area contributed by atoms with Gasteiger partial charge >= 0.3 is 0 Å². The van der Waals surface area contributed by atoms with E-state index in [1.165, 1.54) is 58.4 Å². The van der Waals surface area contributed by atoms with E-state index in [0.29, 0.717) is 18.1 Å².